The SMILES string of the molecule is CC(C)(C)c1cccc2c1N1c3cc(-n4c5ccccc5c5ccccc54)cc4c3B(c3ccc(-n5c6ccccc6c6ccccc65)c(c31)-c1ccccc1Oc1ccccc1-2)c1ccc(-n2c3ccccc3c3ccccc32)c2c1N4c1c(cccc1C(C)(C)C)-c1ccccc1Oc1ccccc1-2. The minimum atomic E-state index is -0.409. The summed E-state index contributed by atoms with van der Waals surface area (Å²) >= 11 is 0. The highest BCUT2D eigenvalue weighted by Gasteiger charge is 2.50. The molecule has 0 amide bonds. The topological polar surface area (TPSA) is 39.7 Å². The van der Waals surface area contributed by atoms with E-state index in [1.54, 1.807) is 0 Å². The van der Waals surface area contributed by atoms with E-state index in [0.29, 0.717) is 0 Å². The zero-order chi connectivity index (χ0) is 70.6. The smallest absolute Gasteiger partial charge is 0.252 e. The predicted molar refractivity (Wildman–Crippen MR) is 443 cm³/mol. The third-order valence-corrected chi connectivity index (χ3v) is 23.1. The number of benzene rings is 15. The fourth-order valence-corrected chi connectivity index (χ4v) is 18.7. The van der Waals surface area contributed by atoms with E-state index in [2.05, 4.69) is 380 Å². The van der Waals surface area contributed by atoms with Gasteiger partial charge in [-0.05, 0) is 123 Å². The van der Waals surface area contributed by atoms with Gasteiger partial charge in [0.15, 0.2) is 0 Å². The molecule has 7 heterocycles. The fourth-order valence-electron chi connectivity index (χ4n) is 18.7. The third kappa shape index (κ3) is 8.46. The minimum absolute atomic E-state index is 0.400. The Bertz CT molecular complexity index is 6340. The number of ether oxygens (including phenoxy) is 2. The molecule has 0 unspecified atom stereocenters. The van der Waals surface area contributed by atoms with Gasteiger partial charge in [-0.2, -0.15) is 0 Å². The highest BCUT2D eigenvalue weighted by molar-refractivity contribution is 7.00. The number of hydrogen-bond donors (Lipinski definition) is 0. The molecule has 15 aromatic carbocycles. The number of hydrogen-bond acceptors (Lipinski definition) is 4. The number of nitrogens with zero attached hydrogens (tertiary/aromatic N) is 5. The Balaban J connectivity index is 1.01. The van der Waals surface area contributed by atoms with Gasteiger partial charge in [0.05, 0.1) is 72.9 Å². The molecule has 3 aromatic heterocycles. The lowest BCUT2D eigenvalue weighted by atomic mass is 9.33. The van der Waals surface area contributed by atoms with Crippen LogP contribution < -0.4 is 35.7 Å². The number of rotatable bonds is 3. The summed E-state index contributed by atoms with van der Waals surface area (Å²) in [7, 11) is 0. The van der Waals surface area contributed by atoms with Crippen molar-refractivity contribution in [3.63, 3.8) is 0 Å². The molecular formula is C98H70BN5O2. The maximum absolute atomic E-state index is 7.68. The first-order chi connectivity index (χ1) is 51.9. The molecule has 0 N–H and O–H groups in total. The lowest BCUT2D eigenvalue weighted by Gasteiger charge is -2.48. The summed E-state index contributed by atoms with van der Waals surface area (Å²) < 4.78 is 23.0. The second kappa shape index (κ2) is 22.2. The Kier molecular flexibility index (Phi) is 12.7. The molecular weight excluding hydrogens is 1290 g/mol. The highest BCUT2D eigenvalue weighted by atomic mass is 16.5. The van der Waals surface area contributed by atoms with Crippen LogP contribution in [-0.4, -0.2) is 20.4 Å². The molecule has 0 radical (unpaired) electrons. The van der Waals surface area contributed by atoms with Crippen molar-refractivity contribution in [1.82, 2.24) is 13.7 Å². The van der Waals surface area contributed by atoms with Crippen molar-refractivity contribution >= 4 is 123 Å². The summed E-state index contributed by atoms with van der Waals surface area (Å²) in [6, 6.07) is 118. The van der Waals surface area contributed by atoms with Crippen molar-refractivity contribution in [3.05, 3.63) is 327 Å². The van der Waals surface area contributed by atoms with Gasteiger partial charge in [0, 0.05) is 88.2 Å². The number of anilines is 6. The zero-order valence-corrected chi connectivity index (χ0v) is 59.7. The first kappa shape index (κ1) is 60.5. The second-order valence-corrected chi connectivity index (χ2v) is 31.0. The molecule has 0 saturated heterocycles. The quantitative estimate of drug-likeness (QED) is 0.165. The van der Waals surface area contributed by atoms with Gasteiger partial charge >= 0.3 is 0 Å². The van der Waals surface area contributed by atoms with Crippen molar-refractivity contribution in [2.45, 2.75) is 52.4 Å². The minimum Gasteiger partial charge on any atom is -0.456 e. The van der Waals surface area contributed by atoms with E-state index in [1.165, 1.54) is 59.8 Å². The Hall–Kier alpha value is -13.0. The standard InChI is InChI=1S/C98H70BN5O2/c1-97(2,3)72-41-27-39-68-66-35-13-23-49-86(66)105-88-51-25-15-37-70(88)90-82(101-78-45-19-9-31-62(78)63-32-10-20-46-79(63)101)55-53-74-95(90)103(93(68)72)84-57-59(100-76-43-17-7-29-60(76)61-30-8-18-44-77(61)100)58-85-92(84)99(74)75-54-56-83(102-80-47-21-11-33-64(80)65-34-12-22-48-81(65)102)91-71-38-16-26-52-89(71)106-87-50-24-14-36-67(87)69-40-28-42-73(98(4,5)6)94(69)104(85)96(75)91/h7-58H,1-6H3. The number of aromatic nitrogens is 3. The van der Waals surface area contributed by atoms with Crippen LogP contribution in [0.15, 0.2) is 315 Å². The summed E-state index contributed by atoms with van der Waals surface area (Å²) in [5.41, 5.74) is 29.7. The zero-order valence-electron chi connectivity index (χ0n) is 59.7. The van der Waals surface area contributed by atoms with Crippen molar-refractivity contribution in [1.29, 1.82) is 0 Å². The number of fused-ring (bicyclic) bond motifs is 25. The Labute approximate surface area is 615 Å². The first-order valence-corrected chi connectivity index (χ1v) is 37.0. The van der Waals surface area contributed by atoms with Crippen LogP contribution in [0.2, 0.25) is 0 Å². The number of para-hydroxylation sites is 12. The van der Waals surface area contributed by atoms with Crippen LogP contribution in [0.1, 0.15) is 52.7 Å². The summed E-state index contributed by atoms with van der Waals surface area (Å²) in [6.07, 6.45) is 0. The second-order valence-electron chi connectivity index (χ2n) is 31.0. The predicted octanol–water partition coefficient (Wildman–Crippen LogP) is 24.5. The highest BCUT2D eigenvalue weighted by Crippen LogP contribution is 2.61. The molecule has 0 atom stereocenters. The fraction of sp³-hybridized carbons (Fsp3) is 0.0816. The molecule has 4 aliphatic rings. The molecule has 0 spiro atoms. The van der Waals surface area contributed by atoms with Crippen molar-refractivity contribution < 1.29 is 9.47 Å². The van der Waals surface area contributed by atoms with Gasteiger partial charge in [-0.25, -0.2) is 0 Å². The van der Waals surface area contributed by atoms with Crippen LogP contribution in [0.25, 0.3) is 127 Å². The van der Waals surface area contributed by atoms with Gasteiger partial charge in [0.1, 0.15) is 23.0 Å². The van der Waals surface area contributed by atoms with Crippen LogP contribution in [0.3, 0.4) is 0 Å². The van der Waals surface area contributed by atoms with Crippen LogP contribution >= 0.6 is 0 Å². The van der Waals surface area contributed by atoms with E-state index in [0.717, 1.165) is 152 Å². The summed E-state index contributed by atoms with van der Waals surface area (Å²) in [4.78, 5) is 5.52. The van der Waals surface area contributed by atoms with Crippen molar-refractivity contribution in [2.75, 3.05) is 9.80 Å². The van der Waals surface area contributed by atoms with Crippen LogP contribution in [0, 0.1) is 0 Å². The van der Waals surface area contributed by atoms with Crippen LogP contribution in [-0.2, 0) is 10.8 Å². The Morgan fingerprint density at radius 3 is 0.896 bits per heavy atom. The lowest BCUT2D eigenvalue weighted by Crippen LogP contribution is -2.62. The molecule has 0 bridgehead atoms. The maximum Gasteiger partial charge on any atom is 0.252 e. The molecule has 22 rings (SSSR count). The van der Waals surface area contributed by atoms with Gasteiger partial charge < -0.3 is 33.0 Å². The molecule has 4 aliphatic heterocycles. The molecule has 502 valence electrons. The molecule has 0 fully saturated rings. The van der Waals surface area contributed by atoms with Crippen molar-refractivity contribution in [2.24, 2.45) is 0 Å². The Morgan fingerprint density at radius 2 is 0.547 bits per heavy atom. The molecule has 18 aromatic rings. The third-order valence-electron chi connectivity index (χ3n) is 23.1. The van der Waals surface area contributed by atoms with E-state index < -0.39 is 17.5 Å². The molecule has 7 nitrogen and oxygen atoms in total. The van der Waals surface area contributed by atoms with E-state index in [-0.39, 0.29) is 0 Å². The molecule has 106 heavy (non-hydrogen) atoms. The van der Waals surface area contributed by atoms with Crippen molar-refractivity contribution in [3.8, 4) is 84.6 Å². The van der Waals surface area contributed by atoms with Gasteiger partial charge in [0.2, 0.25) is 0 Å². The maximum atomic E-state index is 7.68. The largest absolute Gasteiger partial charge is 0.456 e. The lowest BCUT2D eigenvalue weighted by molar-refractivity contribution is 0.486. The molecule has 8 heteroatoms. The van der Waals surface area contributed by atoms with Crippen LogP contribution in [0.5, 0.6) is 23.0 Å². The molecule has 0 saturated carbocycles. The van der Waals surface area contributed by atoms with Gasteiger partial charge in [-0.1, -0.05) is 272 Å². The van der Waals surface area contributed by atoms with Gasteiger partial charge in [0.25, 0.3) is 6.71 Å². The van der Waals surface area contributed by atoms with E-state index in [9.17, 15) is 0 Å². The average Bonchev–Trinajstić information content (AvgIpc) is 0.852. The first-order valence-electron chi connectivity index (χ1n) is 37.0. The molecule has 0 aliphatic carbocycles. The van der Waals surface area contributed by atoms with E-state index >= 15 is 0 Å². The van der Waals surface area contributed by atoms with Gasteiger partial charge in [-0.15, -0.1) is 0 Å². The summed E-state index contributed by atoms with van der Waals surface area (Å²) in [5.74, 6) is 3.08. The summed E-state index contributed by atoms with van der Waals surface area (Å²) in [6.45, 7) is 13.9. The normalized spacial score (nSPS) is 13.3. The average molecular weight is 1360 g/mol. The summed E-state index contributed by atoms with van der Waals surface area (Å²) in [5, 5.41) is 7.13. The Morgan fingerprint density at radius 1 is 0.255 bits per heavy atom. The van der Waals surface area contributed by atoms with E-state index in [1.807, 2.05) is 0 Å². The monoisotopic (exact) mass is 1360 g/mol. The van der Waals surface area contributed by atoms with Gasteiger partial charge in [-0.3, -0.25) is 0 Å². The van der Waals surface area contributed by atoms with E-state index in [4.69, 9.17) is 9.47 Å². The van der Waals surface area contributed by atoms with Crippen LogP contribution in [0.4, 0.5) is 34.1 Å².